The van der Waals surface area contributed by atoms with Gasteiger partial charge in [0.05, 0.1) is 4.92 Å². The summed E-state index contributed by atoms with van der Waals surface area (Å²) in [4.78, 5) is 10.5. The van der Waals surface area contributed by atoms with Crippen LogP contribution < -0.4 is 5.32 Å². The number of hydrogen-bond donors (Lipinski definition) is 1. The molecule has 1 N–H and O–H groups in total. The molecule has 1 fully saturated rings. The lowest BCUT2D eigenvalue weighted by Gasteiger charge is -2.13. The zero-order valence-electron chi connectivity index (χ0n) is 10.1. The summed E-state index contributed by atoms with van der Waals surface area (Å²) < 4.78 is 0. The Morgan fingerprint density at radius 1 is 1.41 bits per heavy atom. The van der Waals surface area contributed by atoms with Crippen LogP contribution in [0.25, 0.3) is 0 Å². The maximum absolute atomic E-state index is 10.8. The molecule has 0 atom stereocenters. The van der Waals surface area contributed by atoms with Gasteiger partial charge in [0.15, 0.2) is 0 Å². The first kappa shape index (κ1) is 11.9. The normalized spacial score (nSPS) is 16.1. The molecule has 0 aliphatic heterocycles. The summed E-state index contributed by atoms with van der Waals surface area (Å²) in [6.45, 7) is 2.73. The molecule has 1 aliphatic rings. The van der Waals surface area contributed by atoms with Crippen LogP contribution in [0.5, 0.6) is 0 Å². The van der Waals surface area contributed by atoms with Crippen molar-refractivity contribution in [3.63, 3.8) is 0 Å². The number of nitrogens with one attached hydrogen (secondary N) is 1. The van der Waals surface area contributed by atoms with Crippen molar-refractivity contribution in [2.24, 2.45) is 5.92 Å². The number of nitrogens with zero attached hydrogens (tertiary/aromatic N) is 1. The van der Waals surface area contributed by atoms with E-state index in [9.17, 15) is 10.1 Å². The lowest BCUT2D eigenvalue weighted by atomic mass is 10.1. The first-order valence-corrected chi connectivity index (χ1v) is 6.16. The Labute approximate surface area is 101 Å². The van der Waals surface area contributed by atoms with Gasteiger partial charge in [0.2, 0.25) is 0 Å². The molecule has 1 aromatic rings. The highest BCUT2D eigenvalue weighted by Gasteiger charge is 2.16. The zero-order chi connectivity index (χ0) is 12.3. The van der Waals surface area contributed by atoms with Crippen molar-refractivity contribution in [3.05, 3.63) is 33.9 Å². The number of nitro benzene ring substituents is 1. The van der Waals surface area contributed by atoms with Crippen LogP contribution in [-0.4, -0.2) is 11.5 Å². The Morgan fingerprint density at radius 2 is 2.12 bits per heavy atom. The summed E-state index contributed by atoms with van der Waals surface area (Å²) in [5.41, 5.74) is 1.82. The van der Waals surface area contributed by atoms with Gasteiger partial charge in [-0.15, -0.1) is 0 Å². The fourth-order valence-electron chi connectivity index (χ4n) is 2.48. The van der Waals surface area contributed by atoms with Crippen LogP contribution in [0.4, 0.5) is 11.4 Å². The second-order valence-corrected chi connectivity index (χ2v) is 4.74. The minimum absolute atomic E-state index is 0.196. The summed E-state index contributed by atoms with van der Waals surface area (Å²) in [5.74, 6) is 0.730. The Balaban J connectivity index is 2.04. The third-order valence-corrected chi connectivity index (χ3v) is 3.56. The molecule has 0 amide bonds. The van der Waals surface area contributed by atoms with Crippen molar-refractivity contribution in [1.82, 2.24) is 0 Å². The van der Waals surface area contributed by atoms with E-state index in [4.69, 9.17) is 0 Å². The van der Waals surface area contributed by atoms with E-state index in [-0.39, 0.29) is 10.6 Å². The van der Waals surface area contributed by atoms with Crippen molar-refractivity contribution in [1.29, 1.82) is 0 Å². The molecule has 1 aromatic carbocycles. The van der Waals surface area contributed by atoms with Crippen LogP contribution >= 0.6 is 0 Å². The molecule has 1 aliphatic carbocycles. The highest BCUT2D eigenvalue weighted by Crippen LogP contribution is 2.28. The standard InChI is InChI=1S/C13H18N2O2/c1-10-12(7-4-8-13(10)15(16)17)14-9-11-5-2-3-6-11/h4,7-8,11,14H,2-3,5-6,9H2,1H3. The van der Waals surface area contributed by atoms with Gasteiger partial charge in [0.1, 0.15) is 0 Å². The number of nitro groups is 1. The van der Waals surface area contributed by atoms with Crippen LogP contribution in [0.3, 0.4) is 0 Å². The van der Waals surface area contributed by atoms with Gasteiger partial charge in [0.25, 0.3) is 5.69 Å². The van der Waals surface area contributed by atoms with Gasteiger partial charge in [-0.25, -0.2) is 0 Å². The SMILES string of the molecule is Cc1c(NCC2CCCC2)cccc1[N+](=O)[O-]. The van der Waals surface area contributed by atoms with Gasteiger partial charge < -0.3 is 5.32 Å². The minimum Gasteiger partial charge on any atom is -0.384 e. The maximum atomic E-state index is 10.8. The van der Waals surface area contributed by atoms with E-state index in [1.54, 1.807) is 19.1 Å². The van der Waals surface area contributed by atoms with Crippen molar-refractivity contribution < 1.29 is 4.92 Å². The first-order chi connectivity index (χ1) is 8.18. The molecule has 0 heterocycles. The minimum atomic E-state index is -0.323. The number of hydrogen-bond acceptors (Lipinski definition) is 3. The van der Waals surface area contributed by atoms with E-state index in [1.165, 1.54) is 25.7 Å². The molecule has 4 heteroatoms. The molecule has 17 heavy (non-hydrogen) atoms. The topological polar surface area (TPSA) is 55.2 Å². The monoisotopic (exact) mass is 234 g/mol. The predicted octanol–water partition coefficient (Wildman–Crippen LogP) is 3.51. The lowest BCUT2D eigenvalue weighted by molar-refractivity contribution is -0.385. The largest absolute Gasteiger partial charge is 0.384 e. The molecule has 4 nitrogen and oxygen atoms in total. The molecule has 92 valence electrons. The summed E-state index contributed by atoms with van der Waals surface area (Å²) in [6.07, 6.45) is 5.20. The van der Waals surface area contributed by atoms with Crippen molar-refractivity contribution in [2.45, 2.75) is 32.6 Å². The average molecular weight is 234 g/mol. The third kappa shape index (κ3) is 2.75. The van der Waals surface area contributed by atoms with Crippen LogP contribution in [0.15, 0.2) is 18.2 Å². The van der Waals surface area contributed by atoms with E-state index in [1.807, 2.05) is 6.07 Å². The van der Waals surface area contributed by atoms with Crippen molar-refractivity contribution in [3.8, 4) is 0 Å². The zero-order valence-corrected chi connectivity index (χ0v) is 10.1. The smallest absolute Gasteiger partial charge is 0.274 e. The van der Waals surface area contributed by atoms with Crippen LogP contribution in [0.1, 0.15) is 31.2 Å². The quantitative estimate of drug-likeness (QED) is 0.640. The highest BCUT2D eigenvalue weighted by atomic mass is 16.6. The van der Waals surface area contributed by atoms with Gasteiger partial charge in [-0.2, -0.15) is 0 Å². The molecule has 0 radical (unpaired) electrons. The van der Waals surface area contributed by atoms with Gasteiger partial charge in [0, 0.05) is 23.9 Å². The molecule has 0 saturated heterocycles. The van der Waals surface area contributed by atoms with E-state index >= 15 is 0 Å². The van der Waals surface area contributed by atoms with Crippen molar-refractivity contribution in [2.75, 3.05) is 11.9 Å². The Morgan fingerprint density at radius 3 is 2.76 bits per heavy atom. The molecular weight excluding hydrogens is 216 g/mol. The summed E-state index contributed by atoms with van der Waals surface area (Å²) in [5, 5.41) is 14.2. The van der Waals surface area contributed by atoms with Gasteiger partial charge in [-0.1, -0.05) is 18.9 Å². The number of benzene rings is 1. The van der Waals surface area contributed by atoms with Gasteiger partial charge in [-0.3, -0.25) is 10.1 Å². The number of anilines is 1. The molecule has 1 saturated carbocycles. The van der Waals surface area contributed by atoms with Crippen LogP contribution in [-0.2, 0) is 0 Å². The van der Waals surface area contributed by atoms with Crippen molar-refractivity contribution >= 4 is 11.4 Å². The summed E-state index contributed by atoms with van der Waals surface area (Å²) in [6, 6.07) is 5.20. The molecule has 0 bridgehead atoms. The highest BCUT2D eigenvalue weighted by molar-refractivity contribution is 5.59. The molecule has 2 rings (SSSR count). The van der Waals surface area contributed by atoms with E-state index < -0.39 is 0 Å². The molecular formula is C13H18N2O2. The lowest BCUT2D eigenvalue weighted by Crippen LogP contribution is -2.12. The fourth-order valence-corrected chi connectivity index (χ4v) is 2.48. The van der Waals surface area contributed by atoms with E-state index in [0.29, 0.717) is 0 Å². The van der Waals surface area contributed by atoms with E-state index in [0.717, 1.165) is 23.7 Å². The van der Waals surface area contributed by atoms with Crippen LogP contribution in [0.2, 0.25) is 0 Å². The van der Waals surface area contributed by atoms with Crippen LogP contribution in [0, 0.1) is 23.0 Å². The Kier molecular flexibility index (Phi) is 3.61. The second-order valence-electron chi connectivity index (χ2n) is 4.74. The van der Waals surface area contributed by atoms with Gasteiger partial charge >= 0.3 is 0 Å². The Hall–Kier alpha value is -1.58. The van der Waals surface area contributed by atoms with E-state index in [2.05, 4.69) is 5.32 Å². The first-order valence-electron chi connectivity index (χ1n) is 6.16. The fraction of sp³-hybridized carbons (Fsp3) is 0.538. The maximum Gasteiger partial charge on any atom is 0.274 e. The Bertz CT molecular complexity index is 412. The summed E-state index contributed by atoms with van der Waals surface area (Å²) in [7, 11) is 0. The average Bonchev–Trinajstić information content (AvgIpc) is 2.80. The molecule has 0 aromatic heterocycles. The molecule has 0 unspecified atom stereocenters. The predicted molar refractivity (Wildman–Crippen MR) is 68.3 cm³/mol. The molecule has 0 spiro atoms. The number of rotatable bonds is 4. The second kappa shape index (κ2) is 5.17. The summed E-state index contributed by atoms with van der Waals surface area (Å²) >= 11 is 0. The third-order valence-electron chi connectivity index (χ3n) is 3.56. The van der Waals surface area contributed by atoms with Gasteiger partial charge in [-0.05, 0) is 31.7 Å².